The smallest absolute Gasteiger partial charge is 0.134 e. The van der Waals surface area contributed by atoms with Gasteiger partial charge in [0.15, 0.2) is 0 Å². The van der Waals surface area contributed by atoms with E-state index in [1.165, 1.54) is 0 Å². The normalized spacial score (nSPS) is 9.35. The van der Waals surface area contributed by atoms with Gasteiger partial charge in [-0.3, -0.25) is 0 Å². The van der Waals surface area contributed by atoms with Crippen molar-refractivity contribution in [1.29, 1.82) is 0 Å². The molecule has 3 N–H and O–H groups in total. The van der Waals surface area contributed by atoms with Gasteiger partial charge in [-0.05, 0) is 23.8 Å². The first-order chi connectivity index (χ1) is 8.18. The molecular formula is C14H16ClNO. The van der Waals surface area contributed by atoms with Crippen molar-refractivity contribution in [3.8, 4) is 16.9 Å². The highest BCUT2D eigenvalue weighted by Crippen LogP contribution is 2.31. The molecule has 0 saturated carbocycles. The average molecular weight is 250 g/mol. The van der Waals surface area contributed by atoms with Crippen LogP contribution < -0.4 is 5.73 Å². The number of aromatic hydroxyl groups is 1. The van der Waals surface area contributed by atoms with Crippen molar-refractivity contribution in [2.75, 3.05) is 5.73 Å². The highest BCUT2D eigenvalue weighted by Gasteiger charge is 2.04. The number of nitrogens with two attached hydrogens (primary N) is 1. The topological polar surface area (TPSA) is 46.2 Å². The van der Waals surface area contributed by atoms with Gasteiger partial charge in [0.1, 0.15) is 5.75 Å². The molecule has 0 aliphatic rings. The first-order valence-corrected chi connectivity index (χ1v) is 5.89. The summed E-state index contributed by atoms with van der Waals surface area (Å²) < 4.78 is 0. The molecule has 0 aliphatic heterocycles. The molecule has 0 heterocycles. The summed E-state index contributed by atoms with van der Waals surface area (Å²) in [5.41, 5.74) is 8.34. The van der Waals surface area contributed by atoms with Crippen LogP contribution in [0.15, 0.2) is 42.5 Å². The van der Waals surface area contributed by atoms with E-state index in [0.29, 0.717) is 10.7 Å². The summed E-state index contributed by atoms with van der Waals surface area (Å²) >= 11 is 5.83. The van der Waals surface area contributed by atoms with E-state index in [0.717, 1.165) is 11.1 Å². The minimum atomic E-state index is 0.0786. The summed E-state index contributed by atoms with van der Waals surface area (Å²) in [7, 11) is 0. The highest BCUT2D eigenvalue weighted by atomic mass is 35.5. The van der Waals surface area contributed by atoms with Crippen LogP contribution in [0, 0.1) is 0 Å². The van der Waals surface area contributed by atoms with Gasteiger partial charge in [0.25, 0.3) is 0 Å². The Hall–Kier alpha value is -1.67. The van der Waals surface area contributed by atoms with E-state index >= 15 is 0 Å². The first kappa shape index (κ1) is 13.4. The van der Waals surface area contributed by atoms with Gasteiger partial charge in [0, 0.05) is 11.3 Å². The Bertz CT molecular complexity index is 497. The molecule has 17 heavy (non-hydrogen) atoms. The number of hydrogen-bond acceptors (Lipinski definition) is 2. The number of benzene rings is 2. The Morgan fingerprint density at radius 2 is 1.71 bits per heavy atom. The Morgan fingerprint density at radius 1 is 1.06 bits per heavy atom. The fraction of sp³-hybridized carbons (Fsp3) is 0.143. The maximum absolute atomic E-state index is 9.30. The number of anilines is 1. The summed E-state index contributed by atoms with van der Waals surface area (Å²) in [6.45, 7) is 4.00. The molecule has 0 atom stereocenters. The standard InChI is InChI=1S/C12H10ClNO.C2H6/c13-10-7-8(5-6-12(10)15)9-3-1-2-4-11(9)14;1-2/h1-7,15H,14H2;1-2H3. The summed E-state index contributed by atoms with van der Waals surface area (Å²) in [4.78, 5) is 0. The third-order valence-electron chi connectivity index (χ3n) is 2.22. The van der Waals surface area contributed by atoms with E-state index in [9.17, 15) is 5.11 Å². The molecule has 90 valence electrons. The number of phenolic OH excluding ortho intramolecular Hbond substituents is 1. The van der Waals surface area contributed by atoms with Crippen LogP contribution in [0.25, 0.3) is 11.1 Å². The zero-order valence-electron chi connectivity index (χ0n) is 9.94. The van der Waals surface area contributed by atoms with Gasteiger partial charge in [0.2, 0.25) is 0 Å². The van der Waals surface area contributed by atoms with Crippen LogP contribution in [0.3, 0.4) is 0 Å². The lowest BCUT2D eigenvalue weighted by Crippen LogP contribution is -1.88. The van der Waals surface area contributed by atoms with Crippen molar-refractivity contribution >= 4 is 17.3 Å². The summed E-state index contributed by atoms with van der Waals surface area (Å²) in [5, 5.41) is 9.63. The van der Waals surface area contributed by atoms with Crippen molar-refractivity contribution < 1.29 is 5.11 Å². The molecule has 3 heteroatoms. The van der Waals surface area contributed by atoms with Gasteiger partial charge >= 0.3 is 0 Å². The fourth-order valence-electron chi connectivity index (χ4n) is 1.43. The SMILES string of the molecule is CC.Nc1ccccc1-c1ccc(O)c(Cl)c1. The molecule has 0 unspecified atom stereocenters. The molecular weight excluding hydrogens is 234 g/mol. The van der Waals surface area contributed by atoms with E-state index in [1.54, 1.807) is 18.2 Å². The van der Waals surface area contributed by atoms with Crippen LogP contribution in [0.1, 0.15) is 13.8 Å². The lowest BCUT2D eigenvalue weighted by molar-refractivity contribution is 0.475. The zero-order chi connectivity index (χ0) is 12.8. The van der Waals surface area contributed by atoms with Crippen LogP contribution in [-0.4, -0.2) is 5.11 Å². The molecule has 2 aromatic rings. The fourth-order valence-corrected chi connectivity index (χ4v) is 1.61. The van der Waals surface area contributed by atoms with Gasteiger partial charge in [-0.1, -0.05) is 49.7 Å². The zero-order valence-corrected chi connectivity index (χ0v) is 10.7. The number of rotatable bonds is 1. The molecule has 2 nitrogen and oxygen atoms in total. The molecule has 0 aromatic heterocycles. The second-order valence-corrected chi connectivity index (χ2v) is 3.66. The molecule has 2 rings (SSSR count). The highest BCUT2D eigenvalue weighted by molar-refractivity contribution is 6.32. The third-order valence-corrected chi connectivity index (χ3v) is 2.52. The van der Waals surface area contributed by atoms with Gasteiger partial charge in [-0.2, -0.15) is 0 Å². The maximum atomic E-state index is 9.30. The van der Waals surface area contributed by atoms with Crippen molar-refractivity contribution in [2.45, 2.75) is 13.8 Å². The molecule has 0 aliphatic carbocycles. The van der Waals surface area contributed by atoms with Crippen LogP contribution in [-0.2, 0) is 0 Å². The Labute approximate surface area is 107 Å². The van der Waals surface area contributed by atoms with Crippen molar-refractivity contribution in [3.05, 3.63) is 47.5 Å². The summed E-state index contributed by atoms with van der Waals surface area (Å²) in [6, 6.07) is 12.6. The van der Waals surface area contributed by atoms with Crippen molar-refractivity contribution in [1.82, 2.24) is 0 Å². The second-order valence-electron chi connectivity index (χ2n) is 3.25. The van der Waals surface area contributed by atoms with Crippen LogP contribution in [0.4, 0.5) is 5.69 Å². The molecule has 2 aromatic carbocycles. The van der Waals surface area contributed by atoms with E-state index in [4.69, 9.17) is 17.3 Å². The van der Waals surface area contributed by atoms with Crippen LogP contribution >= 0.6 is 11.6 Å². The molecule has 0 radical (unpaired) electrons. The third kappa shape index (κ3) is 3.14. The van der Waals surface area contributed by atoms with Gasteiger partial charge in [-0.15, -0.1) is 0 Å². The predicted octanol–water partition coefficient (Wildman–Crippen LogP) is 4.32. The van der Waals surface area contributed by atoms with E-state index in [2.05, 4.69) is 0 Å². The quantitative estimate of drug-likeness (QED) is 0.740. The van der Waals surface area contributed by atoms with E-state index in [1.807, 2.05) is 38.1 Å². The molecule has 0 fully saturated rings. The average Bonchev–Trinajstić information content (AvgIpc) is 2.36. The Balaban J connectivity index is 0.000000686. The van der Waals surface area contributed by atoms with E-state index < -0.39 is 0 Å². The lowest BCUT2D eigenvalue weighted by Gasteiger charge is -2.06. The predicted molar refractivity (Wildman–Crippen MR) is 74.3 cm³/mol. The van der Waals surface area contributed by atoms with Crippen molar-refractivity contribution in [3.63, 3.8) is 0 Å². The Morgan fingerprint density at radius 3 is 2.29 bits per heavy atom. The largest absolute Gasteiger partial charge is 0.506 e. The first-order valence-electron chi connectivity index (χ1n) is 5.52. The molecule has 0 spiro atoms. The van der Waals surface area contributed by atoms with Gasteiger partial charge < -0.3 is 10.8 Å². The number of nitrogen functional groups attached to an aromatic ring is 1. The summed E-state index contributed by atoms with van der Waals surface area (Å²) in [6.07, 6.45) is 0. The second kappa shape index (κ2) is 6.16. The number of para-hydroxylation sites is 1. The van der Waals surface area contributed by atoms with Crippen LogP contribution in [0.5, 0.6) is 5.75 Å². The number of halogens is 1. The maximum Gasteiger partial charge on any atom is 0.134 e. The minimum absolute atomic E-state index is 0.0786. The van der Waals surface area contributed by atoms with Crippen LogP contribution in [0.2, 0.25) is 5.02 Å². The minimum Gasteiger partial charge on any atom is -0.506 e. The lowest BCUT2D eigenvalue weighted by atomic mass is 10.0. The van der Waals surface area contributed by atoms with Crippen molar-refractivity contribution in [2.24, 2.45) is 0 Å². The molecule has 0 saturated heterocycles. The van der Waals surface area contributed by atoms with Gasteiger partial charge in [0.05, 0.1) is 5.02 Å². The summed E-state index contributed by atoms with van der Waals surface area (Å²) in [5.74, 6) is 0.0786. The van der Waals surface area contributed by atoms with E-state index in [-0.39, 0.29) is 5.75 Å². The number of hydrogen-bond donors (Lipinski definition) is 2. The monoisotopic (exact) mass is 249 g/mol. The Kier molecular flexibility index (Phi) is 4.85. The van der Waals surface area contributed by atoms with Gasteiger partial charge in [-0.25, -0.2) is 0 Å². The number of phenols is 1. The molecule has 0 amide bonds. The molecule has 0 bridgehead atoms.